The van der Waals surface area contributed by atoms with Crippen molar-refractivity contribution in [3.8, 4) is 17.2 Å². The third kappa shape index (κ3) is 5.09. The summed E-state index contributed by atoms with van der Waals surface area (Å²) in [6.07, 6.45) is -0.117. The fourth-order valence-corrected chi connectivity index (χ4v) is 2.40. The van der Waals surface area contributed by atoms with Crippen LogP contribution in [0.15, 0.2) is 48.8 Å². The van der Waals surface area contributed by atoms with Crippen molar-refractivity contribution < 1.29 is 32.8 Å². The molecule has 0 aliphatic carbocycles. The Morgan fingerprint density at radius 3 is 2.48 bits per heavy atom. The van der Waals surface area contributed by atoms with Crippen LogP contribution < -0.4 is 9.47 Å². The minimum Gasteiger partial charge on any atom is -0.496 e. The number of halogens is 3. The van der Waals surface area contributed by atoms with E-state index < -0.39 is 6.36 Å². The highest BCUT2D eigenvalue weighted by atomic mass is 19.4. The average molecular weight is 407 g/mol. The molecule has 1 aromatic heterocycles. The Morgan fingerprint density at radius 2 is 1.86 bits per heavy atom. The second-order valence-corrected chi connectivity index (χ2v) is 5.62. The van der Waals surface area contributed by atoms with Crippen molar-refractivity contribution in [2.24, 2.45) is 0 Å². The largest absolute Gasteiger partial charge is 0.573 e. The first-order valence-corrected chi connectivity index (χ1v) is 8.05. The molecule has 150 valence electrons. The summed E-state index contributed by atoms with van der Waals surface area (Å²) in [6, 6.07) is 9.51. The quantitative estimate of drug-likeness (QED) is 0.618. The van der Waals surface area contributed by atoms with Crippen LogP contribution in [0, 0.1) is 4.91 Å². The molecule has 0 bridgehead atoms. The van der Waals surface area contributed by atoms with Crippen LogP contribution in [0.2, 0.25) is 0 Å². The molecule has 11 heteroatoms. The number of hydrogen-bond acceptors (Lipinski definition) is 5. The molecule has 0 unspecified atom stereocenters. The normalized spacial score (nSPS) is 11.6. The van der Waals surface area contributed by atoms with E-state index in [4.69, 9.17) is 9.94 Å². The lowest BCUT2D eigenvalue weighted by Crippen LogP contribution is -2.17. The zero-order valence-corrected chi connectivity index (χ0v) is 14.9. The van der Waals surface area contributed by atoms with Crippen LogP contribution in [-0.4, -0.2) is 38.4 Å². The number of ether oxygens (including phenoxy) is 2. The molecular formula is C18H14F3N4O4+. The van der Waals surface area contributed by atoms with Gasteiger partial charge >= 0.3 is 12.0 Å². The summed E-state index contributed by atoms with van der Waals surface area (Å²) in [5.74, 6) is 0.351. The van der Waals surface area contributed by atoms with Crippen LogP contribution in [0.3, 0.4) is 0 Å². The van der Waals surface area contributed by atoms with Crippen molar-refractivity contribution in [2.45, 2.75) is 6.36 Å². The van der Waals surface area contributed by atoms with Gasteiger partial charge in [0.15, 0.2) is 5.82 Å². The summed E-state index contributed by atoms with van der Waals surface area (Å²) < 4.78 is 47.0. The van der Waals surface area contributed by atoms with Gasteiger partial charge in [0.25, 0.3) is 4.92 Å². The minimum atomic E-state index is -4.75. The van der Waals surface area contributed by atoms with E-state index in [1.807, 2.05) is 0 Å². The number of hydrogen-bond donors (Lipinski definition) is 1. The Hall–Kier alpha value is -3.89. The van der Waals surface area contributed by atoms with E-state index in [1.165, 1.54) is 54.5 Å². The Morgan fingerprint density at radius 1 is 1.14 bits per heavy atom. The Bertz CT molecular complexity index is 1050. The van der Waals surface area contributed by atoms with Crippen LogP contribution in [0.5, 0.6) is 11.5 Å². The summed E-state index contributed by atoms with van der Waals surface area (Å²) >= 11 is 0. The van der Waals surface area contributed by atoms with Gasteiger partial charge in [0.1, 0.15) is 17.8 Å². The smallest absolute Gasteiger partial charge is 0.496 e. The standard InChI is InChI=1S/C18H14F3N4O4/c1-28-16-10-14(25(26)27)4-2-12(16)3-9-17-22-11-24(23-17)13-5-7-15(8-6-13)29-18(19,20)21/h2-11H,1H3,(H,26,27)/q+1/b9-3+. The maximum Gasteiger partial charge on any atom is 0.573 e. The molecule has 0 atom stereocenters. The van der Waals surface area contributed by atoms with Gasteiger partial charge in [-0.15, -0.1) is 18.3 Å². The first-order valence-electron chi connectivity index (χ1n) is 8.05. The van der Waals surface area contributed by atoms with Gasteiger partial charge in [-0.05, 0) is 42.5 Å². The summed E-state index contributed by atoms with van der Waals surface area (Å²) in [5, 5.41) is 13.2. The molecule has 0 saturated heterocycles. The number of rotatable bonds is 6. The SMILES string of the molecule is COc1cc([N+](=O)O)ccc1/C=C/c1ncn(-c2ccc(OC(F)(F)F)cc2)n1. The van der Waals surface area contributed by atoms with Gasteiger partial charge in [-0.25, -0.2) is 14.9 Å². The molecule has 2 aromatic carbocycles. The molecule has 0 aliphatic heterocycles. The fourth-order valence-electron chi connectivity index (χ4n) is 2.40. The van der Waals surface area contributed by atoms with Crippen molar-refractivity contribution in [3.63, 3.8) is 0 Å². The van der Waals surface area contributed by atoms with Crippen molar-refractivity contribution in [3.05, 3.63) is 65.1 Å². The van der Waals surface area contributed by atoms with E-state index >= 15 is 0 Å². The van der Waals surface area contributed by atoms with E-state index in [1.54, 1.807) is 18.2 Å². The number of nitrogens with zero attached hydrogens (tertiary/aromatic N) is 4. The first kappa shape index (κ1) is 19.9. The van der Waals surface area contributed by atoms with Crippen molar-refractivity contribution in [2.75, 3.05) is 7.11 Å². The topological polar surface area (TPSA) is 89.5 Å². The number of aromatic nitrogens is 3. The van der Waals surface area contributed by atoms with E-state index in [0.717, 1.165) is 0 Å². The third-order valence-electron chi connectivity index (χ3n) is 3.69. The lowest BCUT2D eigenvalue weighted by Gasteiger charge is -2.09. The first-order chi connectivity index (χ1) is 13.7. The lowest BCUT2D eigenvalue weighted by atomic mass is 10.1. The van der Waals surface area contributed by atoms with Crippen LogP contribution in [-0.2, 0) is 0 Å². The highest BCUT2D eigenvalue weighted by Crippen LogP contribution is 2.26. The van der Waals surface area contributed by atoms with Gasteiger partial charge in [-0.1, -0.05) is 0 Å². The molecule has 1 heterocycles. The highest BCUT2D eigenvalue weighted by Gasteiger charge is 2.31. The molecular weight excluding hydrogens is 393 g/mol. The summed E-state index contributed by atoms with van der Waals surface area (Å²) in [5.41, 5.74) is 1.12. The van der Waals surface area contributed by atoms with Crippen molar-refractivity contribution in [1.82, 2.24) is 14.8 Å². The van der Waals surface area contributed by atoms with E-state index in [2.05, 4.69) is 14.8 Å². The average Bonchev–Trinajstić information content (AvgIpc) is 3.14. The van der Waals surface area contributed by atoms with Gasteiger partial charge in [-0.2, -0.15) is 0 Å². The summed E-state index contributed by atoms with van der Waals surface area (Å²) in [7, 11) is 1.42. The van der Waals surface area contributed by atoms with Crippen molar-refractivity contribution >= 4 is 17.8 Å². The molecule has 1 N–H and O–H groups in total. The lowest BCUT2D eigenvalue weighted by molar-refractivity contribution is -0.729. The number of benzene rings is 2. The maximum atomic E-state index is 12.2. The molecule has 3 aromatic rings. The second-order valence-electron chi connectivity index (χ2n) is 5.62. The molecule has 3 rings (SSSR count). The minimum absolute atomic E-state index is 0.0133. The summed E-state index contributed by atoms with van der Waals surface area (Å²) in [6.45, 7) is 0. The Balaban J connectivity index is 1.76. The Kier molecular flexibility index (Phi) is 5.48. The Labute approximate surface area is 162 Å². The fraction of sp³-hybridized carbons (Fsp3) is 0.111. The third-order valence-corrected chi connectivity index (χ3v) is 3.69. The molecule has 0 amide bonds. The van der Waals surface area contributed by atoms with E-state index in [0.29, 0.717) is 22.8 Å². The second kappa shape index (κ2) is 8.00. The number of alkyl halides is 3. The maximum absolute atomic E-state index is 12.2. The van der Waals surface area contributed by atoms with E-state index in [-0.39, 0.29) is 16.4 Å². The monoisotopic (exact) mass is 407 g/mol. The van der Waals surface area contributed by atoms with E-state index in [9.17, 15) is 18.1 Å². The molecule has 0 spiro atoms. The van der Waals surface area contributed by atoms with Crippen LogP contribution in [0.25, 0.3) is 17.8 Å². The van der Waals surface area contributed by atoms with Crippen LogP contribution in [0.4, 0.5) is 18.9 Å². The molecule has 0 saturated carbocycles. The number of methoxy groups -OCH3 is 1. The molecule has 29 heavy (non-hydrogen) atoms. The van der Waals surface area contributed by atoms with Gasteiger partial charge in [0.05, 0.1) is 23.8 Å². The zero-order chi connectivity index (χ0) is 21.0. The molecule has 0 radical (unpaired) electrons. The molecule has 8 nitrogen and oxygen atoms in total. The van der Waals surface area contributed by atoms with Gasteiger partial charge < -0.3 is 9.47 Å². The van der Waals surface area contributed by atoms with Gasteiger partial charge in [0.2, 0.25) is 0 Å². The highest BCUT2D eigenvalue weighted by molar-refractivity contribution is 5.71. The summed E-state index contributed by atoms with van der Waals surface area (Å²) in [4.78, 5) is 14.8. The van der Waals surface area contributed by atoms with Crippen LogP contribution >= 0.6 is 0 Å². The van der Waals surface area contributed by atoms with Gasteiger partial charge in [0, 0.05) is 11.6 Å². The zero-order valence-electron chi connectivity index (χ0n) is 14.9. The molecule has 0 fully saturated rings. The predicted octanol–water partition coefficient (Wildman–Crippen LogP) is 4.14. The predicted molar refractivity (Wildman–Crippen MR) is 95.0 cm³/mol. The van der Waals surface area contributed by atoms with Crippen LogP contribution in [0.1, 0.15) is 11.4 Å². The van der Waals surface area contributed by atoms with Gasteiger partial charge in [-0.3, -0.25) is 0 Å². The molecule has 0 aliphatic rings. The van der Waals surface area contributed by atoms with Crippen molar-refractivity contribution in [1.29, 1.82) is 0 Å².